The van der Waals surface area contributed by atoms with Gasteiger partial charge < -0.3 is 29.0 Å². The first-order chi connectivity index (χ1) is 24.2. The van der Waals surface area contributed by atoms with E-state index in [1.807, 2.05) is 6.92 Å². The Morgan fingerprint density at radius 3 is 1.90 bits per heavy atom. The Hall–Kier alpha value is -3.53. The molecule has 2 aliphatic heterocycles. The summed E-state index contributed by atoms with van der Waals surface area (Å²) in [4.78, 5) is 48.0. The van der Waals surface area contributed by atoms with Gasteiger partial charge in [0.1, 0.15) is 34.3 Å². The molecule has 14 heteroatoms. The molecule has 0 radical (unpaired) electrons. The predicted molar refractivity (Wildman–Crippen MR) is 203 cm³/mol. The molecule has 0 bridgehead atoms. The molecule has 11 nitrogen and oxygen atoms in total. The van der Waals surface area contributed by atoms with Crippen LogP contribution in [0.4, 0.5) is 18.4 Å². The molecule has 4 rings (SSSR count). The second-order valence-corrected chi connectivity index (χ2v) is 15.2. The summed E-state index contributed by atoms with van der Waals surface area (Å²) in [6.07, 6.45) is 3.35. The van der Waals surface area contributed by atoms with Crippen LogP contribution in [0.5, 0.6) is 11.5 Å². The van der Waals surface area contributed by atoms with E-state index in [4.69, 9.17) is 23.7 Å². The molecule has 52 heavy (non-hydrogen) atoms. The van der Waals surface area contributed by atoms with Crippen molar-refractivity contribution in [3.63, 3.8) is 0 Å². The first-order valence-corrected chi connectivity index (χ1v) is 18.2. The average Bonchev–Trinajstić information content (AvgIpc) is 3.73. The van der Waals surface area contributed by atoms with Crippen molar-refractivity contribution in [2.24, 2.45) is 0 Å². The van der Waals surface area contributed by atoms with Crippen molar-refractivity contribution in [2.45, 2.75) is 117 Å². The van der Waals surface area contributed by atoms with Crippen LogP contribution in [0, 0.1) is 15.2 Å². The molecule has 3 amide bonds. The lowest BCUT2D eigenvalue weighted by atomic mass is 10.0. The van der Waals surface area contributed by atoms with Gasteiger partial charge in [0.15, 0.2) is 5.78 Å². The molecule has 2 saturated heterocycles. The molecule has 2 aromatic carbocycles. The zero-order valence-electron chi connectivity index (χ0n) is 32.0. The number of methoxy groups -OCH3 is 2. The third kappa shape index (κ3) is 18.8. The molecular weight excluding hydrogens is 793 g/mol. The third-order valence-corrected chi connectivity index (χ3v) is 7.94. The fraction of sp³-hybridized carbons (Fsp3) is 0.579. The molecule has 0 aliphatic carbocycles. The van der Waals surface area contributed by atoms with E-state index in [0.29, 0.717) is 24.2 Å². The Labute approximate surface area is 320 Å². The highest BCUT2D eigenvalue weighted by molar-refractivity contribution is 14.1. The third-order valence-electron chi connectivity index (χ3n) is 7.05. The van der Waals surface area contributed by atoms with E-state index in [1.165, 1.54) is 62.3 Å². The number of halogens is 3. The highest BCUT2D eigenvalue weighted by Gasteiger charge is 2.35. The number of likely N-dealkylation sites (tertiary alicyclic amines) is 1. The molecule has 2 aliphatic rings. The Kier molecular flexibility index (Phi) is 20.1. The van der Waals surface area contributed by atoms with Gasteiger partial charge >= 0.3 is 12.2 Å². The van der Waals surface area contributed by atoms with E-state index < -0.39 is 29.2 Å². The Morgan fingerprint density at radius 2 is 1.46 bits per heavy atom. The van der Waals surface area contributed by atoms with Crippen molar-refractivity contribution in [3.8, 4) is 11.5 Å². The van der Waals surface area contributed by atoms with Gasteiger partial charge in [-0.3, -0.25) is 9.59 Å². The molecule has 2 fully saturated rings. The number of hydrogen-bond donors (Lipinski definition) is 1. The van der Waals surface area contributed by atoms with E-state index in [-0.39, 0.29) is 41.8 Å². The number of imide groups is 1. The van der Waals surface area contributed by atoms with Gasteiger partial charge in [0.25, 0.3) is 0 Å². The van der Waals surface area contributed by atoms with E-state index in [1.54, 1.807) is 54.5 Å². The Bertz CT molecular complexity index is 1450. The number of amides is 3. The summed E-state index contributed by atoms with van der Waals surface area (Å²) in [5, 5.41) is 2.68. The van der Waals surface area contributed by atoms with Gasteiger partial charge in [0.05, 0.1) is 23.4 Å². The Morgan fingerprint density at radius 1 is 0.923 bits per heavy atom. The lowest BCUT2D eigenvalue weighted by Crippen LogP contribution is -2.41. The van der Waals surface area contributed by atoms with Crippen LogP contribution in [0.3, 0.4) is 0 Å². The standard InChI is InChI=1S/C17H24FNO4.C10H17NO3.C7H6FIO.C4H8O/c1-11(19-16(21)23-17(2,3)4)6-9-14(20)13-8-7-12(18)10-15(13)22-5;1-7-5-6-8(12)11(7)9(13)14-10(2,3)4;1-10-7-4-5(8)2-3-6(7)9;1-2-4-5-3-1/h7-8,10-11H,6,9H2,1-5H3,(H,19,21);7H,5-6H2,1-4H3;2-4H,1H3;1-4H2. The number of rotatable bonds is 7. The van der Waals surface area contributed by atoms with Crippen LogP contribution in [0.1, 0.15) is 104 Å². The number of ether oxygens (including phenoxy) is 5. The molecule has 0 spiro atoms. The molecule has 0 saturated carbocycles. The van der Waals surface area contributed by atoms with Crippen LogP contribution in [0.15, 0.2) is 36.4 Å². The fourth-order valence-corrected chi connectivity index (χ4v) is 5.08. The summed E-state index contributed by atoms with van der Waals surface area (Å²) >= 11 is 2.09. The molecule has 2 heterocycles. The summed E-state index contributed by atoms with van der Waals surface area (Å²) in [6.45, 7) is 16.3. The van der Waals surface area contributed by atoms with E-state index >= 15 is 0 Å². The van der Waals surface area contributed by atoms with Gasteiger partial charge in [-0.2, -0.15) is 0 Å². The minimum atomic E-state index is -0.568. The van der Waals surface area contributed by atoms with Gasteiger partial charge in [-0.15, -0.1) is 0 Å². The SMILES string of the molecule is C1CCOC1.CC1CCC(=O)N1C(=O)OC(C)(C)C.COc1cc(F)ccc1C(=O)CCC(C)NC(=O)OC(C)(C)C.COc1cc(F)ccc1I. The predicted octanol–water partition coefficient (Wildman–Crippen LogP) is 8.88. The van der Waals surface area contributed by atoms with Gasteiger partial charge in [-0.1, -0.05) is 0 Å². The lowest BCUT2D eigenvalue weighted by Gasteiger charge is -2.25. The molecule has 1 N–H and O–H groups in total. The molecule has 2 unspecified atom stereocenters. The van der Waals surface area contributed by atoms with Crippen LogP contribution in [-0.4, -0.2) is 79.5 Å². The van der Waals surface area contributed by atoms with Crippen molar-refractivity contribution in [2.75, 3.05) is 27.4 Å². The number of ketones is 1. The highest BCUT2D eigenvalue weighted by atomic mass is 127. The molecule has 2 atom stereocenters. The van der Waals surface area contributed by atoms with Gasteiger partial charge in [-0.25, -0.2) is 23.3 Å². The van der Waals surface area contributed by atoms with Crippen LogP contribution in [-0.2, 0) is 19.0 Å². The van der Waals surface area contributed by atoms with Crippen LogP contribution in [0.25, 0.3) is 0 Å². The summed E-state index contributed by atoms with van der Waals surface area (Å²) in [5.41, 5.74) is -0.779. The summed E-state index contributed by atoms with van der Waals surface area (Å²) in [5.74, 6) is -0.231. The average molecular weight is 849 g/mol. The number of nitrogens with zero attached hydrogens (tertiary/aromatic N) is 1. The van der Waals surface area contributed by atoms with Crippen LogP contribution >= 0.6 is 22.6 Å². The second-order valence-electron chi connectivity index (χ2n) is 14.1. The first kappa shape index (κ1) is 46.5. The number of Topliss-reactive ketones (excluding diaryl/α,β-unsaturated/α-hetero) is 1. The maximum atomic E-state index is 13.1. The maximum Gasteiger partial charge on any atom is 0.417 e. The topological polar surface area (TPSA) is 130 Å². The van der Waals surface area contributed by atoms with Gasteiger partial charge in [-0.05, 0) is 128 Å². The van der Waals surface area contributed by atoms with Crippen molar-refractivity contribution >= 4 is 46.5 Å². The quantitative estimate of drug-likeness (QED) is 0.215. The Balaban J connectivity index is 0.000000392. The molecule has 0 aromatic heterocycles. The molecular formula is C38H55F2IN2O9. The molecule has 2 aromatic rings. The number of hydrogen-bond acceptors (Lipinski definition) is 9. The highest BCUT2D eigenvalue weighted by Crippen LogP contribution is 2.23. The van der Waals surface area contributed by atoms with Crippen molar-refractivity contribution in [3.05, 3.63) is 57.2 Å². The largest absolute Gasteiger partial charge is 0.496 e. The fourth-order valence-electron chi connectivity index (χ4n) is 4.52. The monoisotopic (exact) mass is 848 g/mol. The van der Waals surface area contributed by atoms with Crippen molar-refractivity contribution in [1.29, 1.82) is 0 Å². The van der Waals surface area contributed by atoms with Crippen LogP contribution in [0.2, 0.25) is 0 Å². The number of alkyl carbamates (subject to hydrolysis) is 1. The summed E-state index contributed by atoms with van der Waals surface area (Å²) < 4.78 is 51.6. The lowest BCUT2D eigenvalue weighted by molar-refractivity contribution is -0.127. The molecule has 292 valence electrons. The summed E-state index contributed by atoms with van der Waals surface area (Å²) in [6, 6.07) is 7.99. The van der Waals surface area contributed by atoms with Gasteiger partial charge in [0, 0.05) is 50.3 Å². The smallest absolute Gasteiger partial charge is 0.417 e. The van der Waals surface area contributed by atoms with Crippen molar-refractivity contribution in [1.82, 2.24) is 10.2 Å². The zero-order valence-corrected chi connectivity index (χ0v) is 34.2. The number of carbonyl (C=O) groups excluding carboxylic acids is 4. The normalized spacial score (nSPS) is 15.8. The summed E-state index contributed by atoms with van der Waals surface area (Å²) in [7, 11) is 2.91. The number of nitrogens with one attached hydrogen (secondary N) is 1. The van der Waals surface area contributed by atoms with Crippen molar-refractivity contribution < 1.29 is 51.6 Å². The minimum absolute atomic E-state index is 0.0302. The minimum Gasteiger partial charge on any atom is -0.496 e. The number of carbonyl (C=O) groups is 4. The van der Waals surface area contributed by atoms with E-state index in [9.17, 15) is 28.0 Å². The van der Waals surface area contributed by atoms with E-state index in [2.05, 4.69) is 27.9 Å². The van der Waals surface area contributed by atoms with Gasteiger partial charge in [0.2, 0.25) is 5.91 Å². The number of benzene rings is 2. The zero-order chi connectivity index (χ0) is 39.6. The maximum absolute atomic E-state index is 13.1. The van der Waals surface area contributed by atoms with Crippen LogP contribution < -0.4 is 14.8 Å². The second kappa shape index (κ2) is 22.5. The van der Waals surface area contributed by atoms with E-state index in [0.717, 1.165) is 23.2 Å². The first-order valence-electron chi connectivity index (χ1n) is 17.2.